The van der Waals surface area contributed by atoms with Crippen LogP contribution in [0.2, 0.25) is 0 Å². The lowest BCUT2D eigenvalue weighted by Crippen LogP contribution is -2.11. The predicted octanol–water partition coefficient (Wildman–Crippen LogP) is 2.97. The number of phenols is 1. The number of benzene rings is 2. The minimum atomic E-state index is -0.376. The lowest BCUT2D eigenvalue weighted by atomic mass is 10.1. The highest BCUT2D eigenvalue weighted by molar-refractivity contribution is 5.95. The van der Waals surface area contributed by atoms with Gasteiger partial charge in [0.15, 0.2) is 0 Å². The number of primary amides is 1. The predicted molar refractivity (Wildman–Crippen MR) is 77.4 cm³/mol. The lowest BCUT2D eigenvalue weighted by Gasteiger charge is -1.94. The Morgan fingerprint density at radius 2 is 1.47 bits per heavy atom. The van der Waals surface area contributed by atoms with E-state index in [0.717, 1.165) is 5.56 Å². The van der Waals surface area contributed by atoms with Gasteiger partial charge in [0.05, 0.1) is 0 Å². The molecule has 98 valence electrons. The molecule has 0 radical (unpaired) electrons. The van der Waals surface area contributed by atoms with Gasteiger partial charge < -0.3 is 10.8 Å². The molecule has 0 atom stereocenters. The Hall–Kier alpha value is -2.55. The zero-order valence-corrected chi connectivity index (χ0v) is 10.8. The quantitative estimate of drug-likeness (QED) is 0.810. The lowest BCUT2D eigenvalue weighted by molar-refractivity contribution is -0.114. The van der Waals surface area contributed by atoms with E-state index >= 15 is 0 Å². The zero-order valence-electron chi connectivity index (χ0n) is 10.8. The summed E-state index contributed by atoms with van der Waals surface area (Å²) in [7, 11) is 0. The molecule has 0 bridgehead atoms. The molecule has 0 aliphatic heterocycles. The minimum Gasteiger partial charge on any atom is -0.508 e. The fourth-order valence-corrected chi connectivity index (χ4v) is 1.30. The van der Waals surface area contributed by atoms with E-state index in [1.165, 1.54) is 0 Å². The number of hydrogen-bond acceptors (Lipinski definition) is 2. The molecule has 1 amide bonds. The molecule has 2 rings (SSSR count). The summed E-state index contributed by atoms with van der Waals surface area (Å²) in [6.07, 6.45) is 1.77. The van der Waals surface area contributed by atoms with E-state index in [0.29, 0.717) is 11.3 Å². The van der Waals surface area contributed by atoms with E-state index in [2.05, 4.69) is 0 Å². The molecule has 3 nitrogen and oxygen atoms in total. The fourth-order valence-electron chi connectivity index (χ4n) is 1.30. The Labute approximate surface area is 113 Å². The van der Waals surface area contributed by atoms with Gasteiger partial charge in [0, 0.05) is 5.57 Å². The number of phenolic OH excluding ortho intramolecular Hbond substituents is 1. The van der Waals surface area contributed by atoms with Gasteiger partial charge in [0.25, 0.3) is 0 Å². The molecular formula is C16H17NO2. The Kier molecular flexibility index (Phi) is 5.89. The summed E-state index contributed by atoms with van der Waals surface area (Å²) in [5.74, 6) is -0.0543. The standard InChI is InChI=1S/C10H11NO.C6H6O/c1-8(10(11)12)7-9-5-3-2-4-6-9;7-6-4-2-1-3-5-6/h2-7H,1H3,(H2,11,12);1-5,7H. The first-order valence-corrected chi connectivity index (χ1v) is 5.87. The van der Waals surface area contributed by atoms with Crippen molar-refractivity contribution in [1.29, 1.82) is 0 Å². The number of carbonyl (C=O) groups is 1. The molecule has 0 aliphatic carbocycles. The van der Waals surface area contributed by atoms with Crippen LogP contribution in [-0.2, 0) is 4.79 Å². The van der Waals surface area contributed by atoms with Crippen LogP contribution >= 0.6 is 0 Å². The van der Waals surface area contributed by atoms with Crippen molar-refractivity contribution in [2.45, 2.75) is 6.92 Å². The van der Waals surface area contributed by atoms with E-state index in [4.69, 9.17) is 10.8 Å². The first-order valence-electron chi connectivity index (χ1n) is 5.87. The van der Waals surface area contributed by atoms with E-state index in [9.17, 15) is 4.79 Å². The van der Waals surface area contributed by atoms with Crippen LogP contribution in [0.15, 0.2) is 66.2 Å². The molecule has 0 aliphatic rings. The highest BCUT2D eigenvalue weighted by Crippen LogP contribution is 2.05. The maximum Gasteiger partial charge on any atom is 0.244 e. The van der Waals surface area contributed by atoms with Crippen molar-refractivity contribution in [3.8, 4) is 5.75 Å². The van der Waals surface area contributed by atoms with E-state index in [-0.39, 0.29) is 5.91 Å². The molecular weight excluding hydrogens is 238 g/mol. The summed E-state index contributed by atoms with van der Waals surface area (Å²) in [6, 6.07) is 18.3. The van der Waals surface area contributed by atoms with Crippen molar-refractivity contribution >= 4 is 12.0 Å². The molecule has 0 fully saturated rings. The highest BCUT2D eigenvalue weighted by atomic mass is 16.3. The van der Waals surface area contributed by atoms with Crippen LogP contribution in [0, 0.1) is 0 Å². The molecule has 0 aromatic heterocycles. The SMILES string of the molecule is CC(=Cc1ccccc1)C(N)=O.Oc1ccccc1. The molecule has 3 N–H and O–H groups in total. The van der Waals surface area contributed by atoms with Crippen LogP contribution in [0.3, 0.4) is 0 Å². The first kappa shape index (κ1) is 14.5. The molecule has 0 spiro atoms. The monoisotopic (exact) mass is 255 g/mol. The summed E-state index contributed by atoms with van der Waals surface area (Å²) in [5, 5.41) is 8.63. The van der Waals surface area contributed by atoms with Crippen molar-refractivity contribution in [1.82, 2.24) is 0 Å². The van der Waals surface area contributed by atoms with Crippen LogP contribution in [0.5, 0.6) is 5.75 Å². The van der Waals surface area contributed by atoms with Crippen molar-refractivity contribution in [2.24, 2.45) is 5.73 Å². The molecule has 0 unspecified atom stereocenters. The average molecular weight is 255 g/mol. The third-order valence-corrected chi connectivity index (χ3v) is 2.33. The van der Waals surface area contributed by atoms with Gasteiger partial charge in [-0.2, -0.15) is 0 Å². The zero-order chi connectivity index (χ0) is 14.1. The molecule has 0 saturated carbocycles. The number of para-hydroxylation sites is 1. The van der Waals surface area contributed by atoms with Gasteiger partial charge in [-0.1, -0.05) is 48.5 Å². The van der Waals surface area contributed by atoms with E-state index in [1.54, 1.807) is 37.3 Å². The molecule has 0 heterocycles. The number of carbonyl (C=O) groups excluding carboxylic acids is 1. The number of hydrogen-bond donors (Lipinski definition) is 2. The topological polar surface area (TPSA) is 63.3 Å². The van der Waals surface area contributed by atoms with Crippen LogP contribution < -0.4 is 5.73 Å². The Balaban J connectivity index is 0.000000218. The van der Waals surface area contributed by atoms with Gasteiger partial charge >= 0.3 is 0 Å². The van der Waals surface area contributed by atoms with Crippen LogP contribution in [0.4, 0.5) is 0 Å². The van der Waals surface area contributed by atoms with E-state index < -0.39 is 0 Å². The Morgan fingerprint density at radius 1 is 1.00 bits per heavy atom. The summed E-state index contributed by atoms with van der Waals surface area (Å²) in [4.78, 5) is 10.7. The fraction of sp³-hybridized carbons (Fsp3) is 0.0625. The second-order valence-electron chi connectivity index (χ2n) is 3.94. The Morgan fingerprint density at radius 3 is 1.84 bits per heavy atom. The smallest absolute Gasteiger partial charge is 0.244 e. The summed E-state index contributed by atoms with van der Waals surface area (Å²) in [6.45, 7) is 1.70. The number of aromatic hydroxyl groups is 1. The average Bonchev–Trinajstić information content (AvgIpc) is 2.41. The van der Waals surface area contributed by atoms with Crippen molar-refractivity contribution in [2.75, 3.05) is 0 Å². The molecule has 19 heavy (non-hydrogen) atoms. The van der Waals surface area contributed by atoms with E-state index in [1.807, 2.05) is 36.4 Å². The summed E-state index contributed by atoms with van der Waals surface area (Å²) >= 11 is 0. The number of rotatable bonds is 2. The third-order valence-electron chi connectivity index (χ3n) is 2.33. The molecule has 3 heteroatoms. The molecule has 2 aromatic rings. The number of amides is 1. The van der Waals surface area contributed by atoms with Crippen LogP contribution in [0.1, 0.15) is 12.5 Å². The maximum atomic E-state index is 10.7. The van der Waals surface area contributed by atoms with Gasteiger partial charge in [-0.05, 0) is 30.7 Å². The van der Waals surface area contributed by atoms with Crippen molar-refractivity contribution < 1.29 is 9.90 Å². The van der Waals surface area contributed by atoms with Crippen LogP contribution in [0.25, 0.3) is 6.08 Å². The first-order chi connectivity index (χ1) is 9.09. The normalized spacial score (nSPS) is 10.3. The van der Waals surface area contributed by atoms with Gasteiger partial charge in [-0.25, -0.2) is 0 Å². The molecule has 0 saturated heterocycles. The minimum absolute atomic E-state index is 0.322. The summed E-state index contributed by atoms with van der Waals surface area (Å²) < 4.78 is 0. The molecule has 2 aromatic carbocycles. The second kappa shape index (κ2) is 7.71. The van der Waals surface area contributed by atoms with Crippen LogP contribution in [-0.4, -0.2) is 11.0 Å². The summed E-state index contributed by atoms with van der Waals surface area (Å²) in [5.41, 5.74) is 6.64. The van der Waals surface area contributed by atoms with Gasteiger partial charge in [0.1, 0.15) is 5.75 Å². The maximum absolute atomic E-state index is 10.7. The third kappa shape index (κ3) is 6.07. The second-order valence-corrected chi connectivity index (χ2v) is 3.94. The number of nitrogens with two attached hydrogens (primary N) is 1. The van der Waals surface area contributed by atoms with Gasteiger partial charge in [0.2, 0.25) is 5.91 Å². The largest absolute Gasteiger partial charge is 0.508 e. The van der Waals surface area contributed by atoms with Gasteiger partial charge in [-0.3, -0.25) is 4.79 Å². The highest BCUT2D eigenvalue weighted by Gasteiger charge is 1.95. The van der Waals surface area contributed by atoms with Crippen molar-refractivity contribution in [3.05, 3.63) is 71.8 Å². The van der Waals surface area contributed by atoms with Gasteiger partial charge in [-0.15, -0.1) is 0 Å². The Bertz CT molecular complexity index is 533. The van der Waals surface area contributed by atoms with Crippen molar-refractivity contribution in [3.63, 3.8) is 0 Å².